The zero-order chi connectivity index (χ0) is 7.84. The molecular weight excluding hydrogens is 277 g/mol. The molecule has 0 atom stereocenters. The van der Waals surface area contributed by atoms with Crippen molar-refractivity contribution in [2.45, 2.75) is 20.0 Å². The van der Waals surface area contributed by atoms with Crippen molar-refractivity contribution in [2.75, 3.05) is 6.54 Å². The van der Waals surface area contributed by atoms with E-state index in [1.165, 1.54) is 5.69 Å². The molecule has 76 valence electrons. The van der Waals surface area contributed by atoms with E-state index in [1.807, 2.05) is 6.92 Å². The van der Waals surface area contributed by atoms with E-state index in [-0.39, 0.29) is 24.8 Å². The second kappa shape index (κ2) is 5.20. The molecule has 0 fully saturated rings. The summed E-state index contributed by atoms with van der Waals surface area (Å²) < 4.78 is 3.24. The van der Waals surface area contributed by atoms with Gasteiger partial charge in [0.1, 0.15) is 10.4 Å². The summed E-state index contributed by atoms with van der Waals surface area (Å²) in [4.78, 5) is 4.33. The summed E-state index contributed by atoms with van der Waals surface area (Å²) in [5.41, 5.74) is 1.27. The maximum Gasteiger partial charge on any atom is 0.128 e. The van der Waals surface area contributed by atoms with Crippen LogP contribution >= 0.6 is 40.7 Å². The summed E-state index contributed by atoms with van der Waals surface area (Å²) >= 11 is 3.43. The molecule has 0 aliphatic carbocycles. The van der Waals surface area contributed by atoms with Crippen molar-refractivity contribution in [1.82, 2.24) is 14.9 Å². The van der Waals surface area contributed by atoms with Gasteiger partial charge in [-0.3, -0.25) is 0 Å². The van der Waals surface area contributed by atoms with Gasteiger partial charge in [0.2, 0.25) is 0 Å². The molecule has 0 unspecified atom stereocenters. The number of imidazole rings is 1. The smallest absolute Gasteiger partial charge is 0.128 e. The number of halogens is 3. The van der Waals surface area contributed by atoms with Gasteiger partial charge in [-0.05, 0) is 22.9 Å². The molecule has 2 heterocycles. The number of hydrogen-bond donors (Lipinski definition) is 1. The summed E-state index contributed by atoms with van der Waals surface area (Å²) in [6, 6.07) is 0. The predicted octanol–water partition coefficient (Wildman–Crippen LogP) is 1.90. The number of hydrogen-bond acceptors (Lipinski definition) is 2. The molecule has 0 spiro atoms. The number of fused-ring (bicyclic) bond motifs is 1. The fourth-order valence-electron chi connectivity index (χ4n) is 1.44. The first-order valence-corrected chi connectivity index (χ1v) is 4.50. The highest BCUT2D eigenvalue weighted by Crippen LogP contribution is 2.18. The Morgan fingerprint density at radius 3 is 2.77 bits per heavy atom. The molecule has 6 heteroatoms. The second-order valence-corrected chi connectivity index (χ2v) is 3.48. The number of nitrogens with one attached hydrogen (secondary N) is 1. The first kappa shape index (κ1) is 13.2. The summed E-state index contributed by atoms with van der Waals surface area (Å²) in [5.74, 6) is 1.10. The van der Waals surface area contributed by atoms with Crippen LogP contribution in [0.5, 0.6) is 0 Å². The van der Waals surface area contributed by atoms with Gasteiger partial charge >= 0.3 is 0 Å². The van der Waals surface area contributed by atoms with Gasteiger partial charge in [0.05, 0.1) is 5.69 Å². The van der Waals surface area contributed by atoms with E-state index >= 15 is 0 Å². The lowest BCUT2D eigenvalue weighted by Gasteiger charge is -2.16. The van der Waals surface area contributed by atoms with Crippen molar-refractivity contribution in [2.24, 2.45) is 0 Å². The van der Waals surface area contributed by atoms with Crippen LogP contribution in [0.15, 0.2) is 4.60 Å². The largest absolute Gasteiger partial charge is 0.329 e. The van der Waals surface area contributed by atoms with Gasteiger partial charge in [0.25, 0.3) is 0 Å². The third kappa shape index (κ3) is 2.37. The van der Waals surface area contributed by atoms with Gasteiger partial charge in [0, 0.05) is 19.6 Å². The Balaban J connectivity index is 0.000000720. The van der Waals surface area contributed by atoms with E-state index in [0.717, 1.165) is 30.1 Å². The third-order valence-corrected chi connectivity index (χ3v) is 2.65. The van der Waals surface area contributed by atoms with E-state index in [4.69, 9.17) is 0 Å². The van der Waals surface area contributed by atoms with E-state index in [1.54, 1.807) is 0 Å². The highest BCUT2D eigenvalue weighted by atomic mass is 79.9. The predicted molar refractivity (Wildman–Crippen MR) is 60.9 cm³/mol. The molecule has 13 heavy (non-hydrogen) atoms. The zero-order valence-corrected chi connectivity index (χ0v) is 10.4. The average Bonchev–Trinajstić information content (AvgIpc) is 2.30. The number of aryl methyl sites for hydroxylation is 1. The summed E-state index contributed by atoms with van der Waals surface area (Å²) in [5, 5.41) is 3.30. The third-order valence-electron chi connectivity index (χ3n) is 2.02. The molecule has 3 nitrogen and oxygen atoms in total. The molecule has 2 rings (SSSR count). The van der Waals surface area contributed by atoms with Crippen molar-refractivity contribution in [1.29, 1.82) is 0 Å². The van der Waals surface area contributed by atoms with E-state index in [2.05, 4.69) is 30.8 Å². The number of rotatable bonds is 0. The van der Waals surface area contributed by atoms with Crippen LogP contribution in [0.25, 0.3) is 0 Å². The maximum absolute atomic E-state index is 4.33. The number of aromatic nitrogens is 2. The van der Waals surface area contributed by atoms with Crippen molar-refractivity contribution < 1.29 is 0 Å². The van der Waals surface area contributed by atoms with Crippen LogP contribution in [0.2, 0.25) is 0 Å². The minimum atomic E-state index is 0. The highest BCUT2D eigenvalue weighted by molar-refractivity contribution is 9.10. The minimum absolute atomic E-state index is 0. The van der Waals surface area contributed by atoms with Crippen molar-refractivity contribution in [3.63, 3.8) is 0 Å². The van der Waals surface area contributed by atoms with Crippen molar-refractivity contribution in [3.05, 3.63) is 16.1 Å². The Morgan fingerprint density at radius 2 is 2.15 bits per heavy atom. The van der Waals surface area contributed by atoms with Crippen LogP contribution in [0.1, 0.15) is 11.5 Å². The van der Waals surface area contributed by atoms with Crippen LogP contribution in [0.4, 0.5) is 0 Å². The van der Waals surface area contributed by atoms with Crippen LogP contribution in [-0.2, 0) is 13.1 Å². The molecule has 0 aromatic carbocycles. The Morgan fingerprint density at radius 1 is 1.46 bits per heavy atom. The van der Waals surface area contributed by atoms with E-state index in [9.17, 15) is 0 Å². The molecule has 0 radical (unpaired) electrons. The molecule has 0 saturated carbocycles. The van der Waals surface area contributed by atoms with E-state index in [0.29, 0.717) is 0 Å². The first-order valence-electron chi connectivity index (χ1n) is 3.71. The first-order chi connectivity index (χ1) is 5.29. The molecule has 0 bridgehead atoms. The molecule has 0 amide bonds. The zero-order valence-electron chi connectivity index (χ0n) is 7.21. The Kier molecular flexibility index (Phi) is 5.29. The standard InChI is InChI=1S/C7H10BrN3.2ClH/c1-5-10-7(8)6-4-9-2-3-11(5)6;;/h9H,2-4H2,1H3;2*1H. The highest BCUT2D eigenvalue weighted by Gasteiger charge is 2.14. The van der Waals surface area contributed by atoms with Gasteiger partial charge in [-0.2, -0.15) is 0 Å². The van der Waals surface area contributed by atoms with Crippen molar-refractivity contribution >= 4 is 40.7 Å². The van der Waals surface area contributed by atoms with Crippen LogP contribution in [0, 0.1) is 6.92 Å². The van der Waals surface area contributed by atoms with Crippen LogP contribution in [0.3, 0.4) is 0 Å². The van der Waals surface area contributed by atoms with Gasteiger partial charge in [0.15, 0.2) is 0 Å². The normalized spacial score (nSPS) is 14.0. The maximum atomic E-state index is 4.33. The number of nitrogens with zero attached hydrogens (tertiary/aromatic N) is 2. The Hall–Kier alpha value is 0.230. The lowest BCUT2D eigenvalue weighted by Crippen LogP contribution is -2.28. The monoisotopic (exact) mass is 287 g/mol. The van der Waals surface area contributed by atoms with Crippen molar-refractivity contribution in [3.8, 4) is 0 Å². The van der Waals surface area contributed by atoms with Crippen LogP contribution < -0.4 is 5.32 Å². The lowest BCUT2D eigenvalue weighted by molar-refractivity contribution is 0.506. The molecule has 1 aromatic heterocycles. The summed E-state index contributed by atoms with van der Waals surface area (Å²) in [6.45, 7) is 5.07. The summed E-state index contributed by atoms with van der Waals surface area (Å²) in [6.07, 6.45) is 0. The topological polar surface area (TPSA) is 29.9 Å². The van der Waals surface area contributed by atoms with Crippen LogP contribution in [-0.4, -0.2) is 16.1 Å². The van der Waals surface area contributed by atoms with Gasteiger partial charge in [-0.1, -0.05) is 0 Å². The molecule has 1 aliphatic rings. The molecule has 0 saturated heterocycles. The van der Waals surface area contributed by atoms with Gasteiger partial charge in [-0.15, -0.1) is 24.8 Å². The molecule has 1 N–H and O–H groups in total. The lowest BCUT2D eigenvalue weighted by atomic mass is 10.3. The quantitative estimate of drug-likeness (QED) is 0.790. The Labute approximate surface area is 98.2 Å². The fourth-order valence-corrected chi connectivity index (χ4v) is 2.05. The molecule has 1 aliphatic heterocycles. The van der Waals surface area contributed by atoms with Gasteiger partial charge < -0.3 is 9.88 Å². The SMILES string of the molecule is Cc1nc(Br)c2n1CCNC2.Cl.Cl. The molecular formula is C7H12BrCl2N3. The van der Waals surface area contributed by atoms with E-state index < -0.39 is 0 Å². The Bertz CT molecular complexity index is 261. The molecule has 1 aromatic rings. The minimum Gasteiger partial charge on any atom is -0.329 e. The average molecular weight is 289 g/mol. The summed E-state index contributed by atoms with van der Waals surface area (Å²) in [7, 11) is 0. The fraction of sp³-hybridized carbons (Fsp3) is 0.571. The second-order valence-electron chi connectivity index (χ2n) is 2.72. The van der Waals surface area contributed by atoms with Gasteiger partial charge in [-0.25, -0.2) is 4.98 Å².